The molecule has 3 fully saturated rings. The third kappa shape index (κ3) is 3.68. The van der Waals surface area contributed by atoms with E-state index in [1.165, 1.54) is 24.3 Å². The van der Waals surface area contributed by atoms with Crippen LogP contribution in [0.4, 0.5) is 0 Å². The molecule has 1 spiro atoms. The van der Waals surface area contributed by atoms with E-state index in [0.29, 0.717) is 23.2 Å². The van der Waals surface area contributed by atoms with Gasteiger partial charge in [0.05, 0.1) is 5.01 Å². The lowest BCUT2D eigenvalue weighted by atomic mass is 9.91. The monoisotopic (exact) mass is 377 g/mol. The number of nitrogens with one attached hydrogen (secondary N) is 1. The molecule has 4 rings (SSSR count). The first-order valence-electron chi connectivity index (χ1n) is 8.17. The summed E-state index contributed by atoms with van der Waals surface area (Å²) in [7, 11) is 0. The number of likely N-dealkylation sites (tertiary alicyclic amines) is 1. The minimum Gasteiger partial charge on any atom is -0.342 e. The number of thiazole rings is 1. The van der Waals surface area contributed by atoms with Crippen LogP contribution < -0.4 is 5.32 Å². The molecule has 0 bridgehead atoms. The Morgan fingerprint density at radius 3 is 2.83 bits per heavy atom. The van der Waals surface area contributed by atoms with Gasteiger partial charge in [-0.25, -0.2) is 4.98 Å². The molecule has 2 aliphatic heterocycles. The molecule has 4 nitrogen and oxygen atoms in total. The first-order chi connectivity index (χ1) is 10.3. The van der Waals surface area contributed by atoms with E-state index in [1.807, 2.05) is 11.6 Å². The van der Waals surface area contributed by atoms with Gasteiger partial charge in [0, 0.05) is 36.5 Å². The van der Waals surface area contributed by atoms with Crippen molar-refractivity contribution in [3.63, 3.8) is 0 Å². The van der Waals surface area contributed by atoms with E-state index in [9.17, 15) is 4.79 Å². The maximum Gasteiger partial charge on any atom is 0.226 e. The second-order valence-corrected chi connectivity index (χ2v) is 7.79. The van der Waals surface area contributed by atoms with Gasteiger partial charge in [0.25, 0.3) is 0 Å². The van der Waals surface area contributed by atoms with Gasteiger partial charge in [-0.3, -0.25) is 4.79 Å². The maximum atomic E-state index is 12.8. The SMILES string of the molecule is Cl.Cl.O=C(C1CC12CCNCC2)N1CCCC(c2nccs2)C1. The molecule has 3 aliphatic rings. The number of hydrogen-bond donors (Lipinski definition) is 1. The van der Waals surface area contributed by atoms with Gasteiger partial charge in [0.2, 0.25) is 5.91 Å². The Morgan fingerprint density at radius 2 is 2.13 bits per heavy atom. The number of rotatable bonds is 2. The molecule has 23 heavy (non-hydrogen) atoms. The van der Waals surface area contributed by atoms with E-state index in [1.54, 1.807) is 11.3 Å². The Balaban J connectivity index is 0.000000960. The predicted octanol–water partition coefficient (Wildman–Crippen LogP) is 3.08. The number of aromatic nitrogens is 1. The van der Waals surface area contributed by atoms with Crippen LogP contribution in [0.15, 0.2) is 11.6 Å². The van der Waals surface area contributed by atoms with Crippen molar-refractivity contribution in [3.8, 4) is 0 Å². The fraction of sp³-hybridized carbons (Fsp3) is 0.750. The summed E-state index contributed by atoms with van der Waals surface area (Å²) < 4.78 is 0. The van der Waals surface area contributed by atoms with Gasteiger partial charge in [-0.2, -0.15) is 0 Å². The van der Waals surface area contributed by atoms with E-state index >= 15 is 0 Å². The molecule has 1 aromatic rings. The van der Waals surface area contributed by atoms with Crippen LogP contribution in [0.5, 0.6) is 0 Å². The van der Waals surface area contributed by atoms with E-state index in [0.717, 1.165) is 39.0 Å². The van der Waals surface area contributed by atoms with Crippen molar-refractivity contribution >= 4 is 42.1 Å². The number of hydrogen-bond acceptors (Lipinski definition) is 4. The molecule has 1 saturated carbocycles. The van der Waals surface area contributed by atoms with Crippen molar-refractivity contribution in [3.05, 3.63) is 16.6 Å². The van der Waals surface area contributed by atoms with Crippen LogP contribution in [0.25, 0.3) is 0 Å². The molecule has 0 radical (unpaired) electrons. The average molecular weight is 378 g/mol. The van der Waals surface area contributed by atoms with Crippen LogP contribution in [0, 0.1) is 11.3 Å². The van der Waals surface area contributed by atoms with E-state index in [2.05, 4.69) is 15.2 Å². The zero-order chi connectivity index (χ0) is 14.3. The first-order valence-corrected chi connectivity index (χ1v) is 9.05. The quantitative estimate of drug-likeness (QED) is 0.860. The van der Waals surface area contributed by atoms with Crippen molar-refractivity contribution in [1.29, 1.82) is 0 Å². The first kappa shape index (κ1) is 19.0. The average Bonchev–Trinajstić information content (AvgIpc) is 2.99. The van der Waals surface area contributed by atoms with Crippen LogP contribution in [0.2, 0.25) is 0 Å². The van der Waals surface area contributed by atoms with Gasteiger partial charge < -0.3 is 10.2 Å². The number of amides is 1. The minimum absolute atomic E-state index is 0. The van der Waals surface area contributed by atoms with Gasteiger partial charge in [0.1, 0.15) is 0 Å². The lowest BCUT2D eigenvalue weighted by molar-refractivity contribution is -0.134. The molecule has 3 heterocycles. The highest BCUT2D eigenvalue weighted by Gasteiger charge is 2.58. The zero-order valence-electron chi connectivity index (χ0n) is 13.2. The number of piperidine rings is 2. The normalized spacial score (nSPS) is 28.6. The van der Waals surface area contributed by atoms with Crippen molar-refractivity contribution in [2.45, 2.75) is 38.0 Å². The van der Waals surface area contributed by atoms with E-state index in [-0.39, 0.29) is 24.8 Å². The molecule has 2 unspecified atom stereocenters. The maximum absolute atomic E-state index is 12.8. The molecule has 7 heteroatoms. The van der Waals surface area contributed by atoms with Crippen molar-refractivity contribution in [2.24, 2.45) is 11.3 Å². The highest BCUT2D eigenvalue weighted by atomic mass is 35.5. The van der Waals surface area contributed by atoms with Crippen LogP contribution in [-0.2, 0) is 4.79 Å². The summed E-state index contributed by atoms with van der Waals surface area (Å²) in [5, 5.41) is 6.66. The number of nitrogens with zero attached hydrogens (tertiary/aromatic N) is 2. The number of carbonyl (C=O) groups excluding carboxylic acids is 1. The molecule has 2 atom stereocenters. The summed E-state index contributed by atoms with van der Waals surface area (Å²) in [5.41, 5.74) is 0.358. The smallest absolute Gasteiger partial charge is 0.226 e. The largest absolute Gasteiger partial charge is 0.342 e. The number of halogens is 2. The standard InChI is InChI=1S/C16H23N3OS.2ClH/c20-15(13-10-16(13)3-5-17-6-4-16)19-8-1-2-12(11-19)14-18-7-9-21-14;;/h7,9,12-13,17H,1-6,8,10-11H2;2*1H. The fourth-order valence-electron chi connectivity index (χ4n) is 4.21. The number of carbonyl (C=O) groups is 1. The fourth-order valence-corrected chi connectivity index (χ4v) is 4.98. The summed E-state index contributed by atoms with van der Waals surface area (Å²) in [6.07, 6.45) is 7.69. The van der Waals surface area contributed by atoms with Gasteiger partial charge in [-0.1, -0.05) is 0 Å². The van der Waals surface area contributed by atoms with Gasteiger partial charge >= 0.3 is 0 Å². The molecule has 2 saturated heterocycles. The van der Waals surface area contributed by atoms with Crippen molar-refractivity contribution in [2.75, 3.05) is 26.2 Å². The molecule has 0 aromatic carbocycles. The van der Waals surface area contributed by atoms with Crippen LogP contribution >= 0.6 is 36.2 Å². The topological polar surface area (TPSA) is 45.2 Å². The molecule has 1 amide bonds. The highest BCUT2D eigenvalue weighted by Crippen LogP contribution is 2.59. The minimum atomic E-state index is 0. The van der Waals surface area contributed by atoms with E-state index < -0.39 is 0 Å². The summed E-state index contributed by atoms with van der Waals surface area (Å²) >= 11 is 1.73. The highest BCUT2D eigenvalue weighted by molar-refractivity contribution is 7.09. The Bertz CT molecular complexity index is 519. The second-order valence-electron chi connectivity index (χ2n) is 6.86. The zero-order valence-corrected chi connectivity index (χ0v) is 15.7. The van der Waals surface area contributed by atoms with Crippen LogP contribution in [0.3, 0.4) is 0 Å². The van der Waals surface area contributed by atoms with Crippen LogP contribution in [0.1, 0.15) is 43.0 Å². The predicted molar refractivity (Wildman–Crippen MR) is 97.8 cm³/mol. The molecular formula is C16H25Cl2N3OS. The Kier molecular flexibility index (Phi) is 6.34. The molecule has 1 aromatic heterocycles. The van der Waals surface area contributed by atoms with Crippen LogP contribution in [-0.4, -0.2) is 42.0 Å². The van der Waals surface area contributed by atoms with Gasteiger partial charge in [-0.05, 0) is 50.6 Å². The lowest BCUT2D eigenvalue weighted by Crippen LogP contribution is -2.41. The molecule has 130 valence electrons. The van der Waals surface area contributed by atoms with Gasteiger partial charge in [-0.15, -0.1) is 36.2 Å². The third-order valence-corrected chi connectivity index (χ3v) is 6.56. The summed E-state index contributed by atoms with van der Waals surface area (Å²) in [5.74, 6) is 1.21. The third-order valence-electron chi connectivity index (χ3n) is 5.62. The molecule has 1 aliphatic carbocycles. The second kappa shape index (κ2) is 7.68. The Morgan fingerprint density at radius 1 is 1.35 bits per heavy atom. The summed E-state index contributed by atoms with van der Waals surface area (Å²) in [6, 6.07) is 0. The van der Waals surface area contributed by atoms with E-state index in [4.69, 9.17) is 0 Å². The summed E-state index contributed by atoms with van der Waals surface area (Å²) in [4.78, 5) is 19.4. The van der Waals surface area contributed by atoms with Crippen molar-refractivity contribution in [1.82, 2.24) is 15.2 Å². The summed E-state index contributed by atoms with van der Waals surface area (Å²) in [6.45, 7) is 4.01. The Labute approximate surface area is 154 Å². The lowest BCUT2D eigenvalue weighted by Gasteiger charge is -2.33. The molecular weight excluding hydrogens is 353 g/mol. The van der Waals surface area contributed by atoms with Crippen molar-refractivity contribution < 1.29 is 4.79 Å². The Hall–Kier alpha value is -0.360. The molecule has 1 N–H and O–H groups in total. The van der Waals surface area contributed by atoms with Gasteiger partial charge in [0.15, 0.2) is 0 Å².